The van der Waals surface area contributed by atoms with Gasteiger partial charge in [-0.25, -0.2) is 0 Å². The Morgan fingerprint density at radius 3 is 2.26 bits per heavy atom. The van der Waals surface area contributed by atoms with Gasteiger partial charge in [0.05, 0.1) is 12.1 Å². The second-order valence-electron chi connectivity index (χ2n) is 7.45. The summed E-state index contributed by atoms with van der Waals surface area (Å²) >= 11 is 0. The van der Waals surface area contributed by atoms with Crippen molar-refractivity contribution in [3.8, 4) is 0 Å². The maximum atomic E-state index is 12.4. The summed E-state index contributed by atoms with van der Waals surface area (Å²) in [5, 5.41) is 11.7. The van der Waals surface area contributed by atoms with Crippen LogP contribution in [-0.4, -0.2) is 50.0 Å². The number of nitrogens with one attached hydrogen (secondary N) is 1. The number of ether oxygens (including phenoxy) is 1. The fraction of sp³-hybridized carbons (Fsp3) is 0.929. The van der Waals surface area contributed by atoms with Crippen LogP contribution in [0.1, 0.15) is 34.1 Å². The van der Waals surface area contributed by atoms with E-state index in [0.29, 0.717) is 0 Å². The Bertz CT molecular complexity index is 437. The van der Waals surface area contributed by atoms with Gasteiger partial charge < -0.3 is 19.6 Å². The van der Waals surface area contributed by atoms with Crippen LogP contribution in [0.5, 0.6) is 0 Å². The zero-order valence-corrected chi connectivity index (χ0v) is 15.3. The zero-order chi connectivity index (χ0) is 18.2. The second kappa shape index (κ2) is 6.70. The first kappa shape index (κ1) is 20.4. The minimum Gasteiger partial charge on any atom is -0.392 e. The number of rotatable bonds is 3. The van der Waals surface area contributed by atoms with E-state index < -0.39 is 44.9 Å². The van der Waals surface area contributed by atoms with Crippen molar-refractivity contribution in [2.45, 2.75) is 83.0 Å². The van der Waals surface area contributed by atoms with E-state index in [1.165, 1.54) is 0 Å². The van der Waals surface area contributed by atoms with Crippen molar-refractivity contribution in [1.82, 2.24) is 5.32 Å². The molecule has 5 nitrogen and oxygen atoms in total. The summed E-state index contributed by atoms with van der Waals surface area (Å²) in [6.07, 6.45) is -7.73. The number of carbonyl (C=O) groups is 1. The van der Waals surface area contributed by atoms with Crippen LogP contribution in [-0.2, 0) is 14.0 Å². The topological polar surface area (TPSA) is 67.8 Å². The third kappa shape index (κ3) is 5.17. The normalized spacial score (nSPS) is 30.2. The number of halogens is 3. The van der Waals surface area contributed by atoms with Crippen LogP contribution < -0.4 is 5.32 Å². The Balaban J connectivity index is 2.81. The van der Waals surface area contributed by atoms with Gasteiger partial charge in [0.2, 0.25) is 0 Å². The molecule has 2 N–H and O–H groups in total. The van der Waals surface area contributed by atoms with Crippen LogP contribution >= 0.6 is 0 Å². The summed E-state index contributed by atoms with van der Waals surface area (Å²) in [4.78, 5) is 11.1. The van der Waals surface area contributed by atoms with E-state index in [9.17, 15) is 23.1 Å². The third-order valence-corrected chi connectivity index (χ3v) is 8.98. The van der Waals surface area contributed by atoms with Crippen molar-refractivity contribution < 1.29 is 32.2 Å². The van der Waals surface area contributed by atoms with Crippen molar-refractivity contribution >= 4 is 14.2 Å². The molecule has 1 heterocycles. The Morgan fingerprint density at radius 2 is 1.83 bits per heavy atom. The first-order chi connectivity index (χ1) is 10.1. The van der Waals surface area contributed by atoms with E-state index in [-0.39, 0.29) is 11.5 Å². The molecular weight excluding hydrogens is 331 g/mol. The van der Waals surface area contributed by atoms with Crippen molar-refractivity contribution in [3.63, 3.8) is 0 Å². The van der Waals surface area contributed by atoms with Crippen molar-refractivity contribution in [3.05, 3.63) is 0 Å². The van der Waals surface area contributed by atoms with Gasteiger partial charge in [0.25, 0.3) is 0 Å². The van der Waals surface area contributed by atoms with Gasteiger partial charge in [0.1, 0.15) is 12.4 Å². The summed E-state index contributed by atoms with van der Waals surface area (Å²) in [6, 6.07) is -1.07. The van der Waals surface area contributed by atoms with Crippen LogP contribution in [0, 0.1) is 0 Å². The maximum Gasteiger partial charge on any atom is 0.471 e. The molecule has 0 aliphatic carbocycles. The molecule has 23 heavy (non-hydrogen) atoms. The molecule has 1 rings (SSSR count). The molecule has 0 radical (unpaired) electrons. The first-order valence-electron chi connectivity index (χ1n) is 7.54. The van der Waals surface area contributed by atoms with Crippen LogP contribution in [0.3, 0.4) is 0 Å². The quantitative estimate of drug-likeness (QED) is 0.762. The SMILES string of the molecule is C[C@@H]1O[C@H](O[Si](C)(C)C(C)(C)C)C[C@H](NC(=O)C(F)(F)F)[C@H]1O. The van der Waals surface area contributed by atoms with Crippen molar-refractivity contribution in [2.24, 2.45) is 0 Å². The van der Waals surface area contributed by atoms with E-state index in [1.807, 2.05) is 39.2 Å². The molecule has 1 saturated heterocycles. The molecule has 136 valence electrons. The average molecular weight is 357 g/mol. The second-order valence-corrected chi connectivity index (χ2v) is 12.2. The summed E-state index contributed by atoms with van der Waals surface area (Å²) in [5.74, 6) is -2.07. The van der Waals surface area contributed by atoms with Gasteiger partial charge in [0.15, 0.2) is 8.32 Å². The number of aliphatic hydroxyl groups is 1. The van der Waals surface area contributed by atoms with Gasteiger partial charge in [-0.3, -0.25) is 4.79 Å². The average Bonchev–Trinajstić information content (AvgIpc) is 2.32. The first-order valence-corrected chi connectivity index (χ1v) is 10.4. The third-order valence-electron chi connectivity index (χ3n) is 4.51. The van der Waals surface area contributed by atoms with E-state index in [2.05, 4.69) is 0 Å². The highest BCUT2D eigenvalue weighted by Gasteiger charge is 2.46. The van der Waals surface area contributed by atoms with Crippen molar-refractivity contribution in [1.29, 1.82) is 0 Å². The summed E-state index contributed by atoms with van der Waals surface area (Å²) in [7, 11) is -2.19. The lowest BCUT2D eigenvalue weighted by atomic mass is 9.99. The van der Waals surface area contributed by atoms with Gasteiger partial charge in [-0.1, -0.05) is 20.8 Å². The number of alkyl halides is 3. The molecule has 1 amide bonds. The fourth-order valence-electron chi connectivity index (χ4n) is 2.03. The predicted molar refractivity (Wildman–Crippen MR) is 81.2 cm³/mol. The van der Waals surface area contributed by atoms with E-state index in [1.54, 1.807) is 6.92 Å². The number of carbonyl (C=O) groups excluding carboxylic acids is 1. The zero-order valence-electron chi connectivity index (χ0n) is 14.3. The number of amides is 1. The minimum atomic E-state index is -4.99. The lowest BCUT2D eigenvalue weighted by Crippen LogP contribution is -2.59. The van der Waals surface area contributed by atoms with Gasteiger partial charge in [0, 0.05) is 6.42 Å². The molecule has 0 saturated carbocycles. The van der Waals surface area contributed by atoms with Gasteiger partial charge in [-0.05, 0) is 25.1 Å². The Kier molecular flexibility index (Phi) is 5.94. The number of hydrogen-bond acceptors (Lipinski definition) is 4. The standard InChI is InChI=1S/C14H26F3NO4Si/c1-8-11(19)9(18-12(20)14(15,16)17)7-10(21-8)22-23(5,6)13(2,3)4/h8-11,19H,7H2,1-6H3,(H,18,20)/t8-,9-,10+,11-/m0/s1. The molecule has 0 unspecified atom stereocenters. The van der Waals surface area contributed by atoms with Crippen LogP contribution in [0.15, 0.2) is 0 Å². The van der Waals surface area contributed by atoms with Gasteiger partial charge >= 0.3 is 12.1 Å². The Hall–Kier alpha value is -0.643. The Morgan fingerprint density at radius 1 is 1.30 bits per heavy atom. The minimum absolute atomic E-state index is 0.0279. The molecule has 1 aliphatic heterocycles. The lowest BCUT2D eigenvalue weighted by molar-refractivity contribution is -0.202. The van der Waals surface area contributed by atoms with Crippen LogP contribution in [0.4, 0.5) is 13.2 Å². The Labute approximate surface area is 135 Å². The molecule has 0 aromatic carbocycles. The number of aliphatic hydroxyl groups excluding tert-OH is 1. The predicted octanol–water partition coefficient (Wildman–Crippen LogP) is 2.55. The molecule has 9 heteroatoms. The summed E-state index contributed by atoms with van der Waals surface area (Å²) in [6.45, 7) is 11.6. The highest BCUT2D eigenvalue weighted by atomic mass is 28.4. The molecule has 0 spiro atoms. The highest BCUT2D eigenvalue weighted by molar-refractivity contribution is 6.74. The summed E-state index contributed by atoms with van der Waals surface area (Å²) in [5.41, 5.74) is 0. The van der Waals surface area contributed by atoms with Crippen LogP contribution in [0.2, 0.25) is 18.1 Å². The highest BCUT2D eigenvalue weighted by Crippen LogP contribution is 2.38. The largest absolute Gasteiger partial charge is 0.471 e. The number of hydrogen-bond donors (Lipinski definition) is 2. The van der Waals surface area contributed by atoms with Gasteiger partial charge in [-0.2, -0.15) is 13.2 Å². The molecule has 0 aromatic heterocycles. The summed E-state index contributed by atoms with van der Waals surface area (Å²) < 4.78 is 48.8. The molecule has 0 bridgehead atoms. The van der Waals surface area contributed by atoms with Crippen molar-refractivity contribution in [2.75, 3.05) is 0 Å². The molecule has 0 aromatic rings. The molecular formula is C14H26F3NO4Si. The molecule has 1 fully saturated rings. The monoisotopic (exact) mass is 357 g/mol. The lowest BCUT2D eigenvalue weighted by Gasteiger charge is -2.44. The molecule has 4 atom stereocenters. The van der Waals surface area contributed by atoms with E-state index >= 15 is 0 Å². The van der Waals surface area contributed by atoms with Gasteiger partial charge in [-0.15, -0.1) is 0 Å². The van der Waals surface area contributed by atoms with E-state index in [4.69, 9.17) is 9.16 Å². The van der Waals surface area contributed by atoms with Crippen LogP contribution in [0.25, 0.3) is 0 Å². The fourth-order valence-corrected chi connectivity index (χ4v) is 3.19. The molecule has 1 aliphatic rings. The van der Waals surface area contributed by atoms with E-state index in [0.717, 1.165) is 0 Å². The smallest absolute Gasteiger partial charge is 0.392 e. The maximum absolute atomic E-state index is 12.4.